The maximum absolute atomic E-state index is 13.1. The summed E-state index contributed by atoms with van der Waals surface area (Å²) < 4.78 is 14.6. The first-order valence-corrected chi connectivity index (χ1v) is 7.87. The lowest BCUT2D eigenvalue weighted by Gasteiger charge is -2.16. The van der Waals surface area contributed by atoms with E-state index in [-0.39, 0.29) is 18.3 Å². The predicted molar refractivity (Wildman–Crippen MR) is 92.0 cm³/mol. The largest absolute Gasteiger partial charge is 0.394 e. The summed E-state index contributed by atoms with van der Waals surface area (Å²) in [5, 5.41) is 16.6. The Morgan fingerprint density at radius 1 is 1.20 bits per heavy atom. The van der Waals surface area contributed by atoms with Gasteiger partial charge < -0.3 is 10.4 Å². The van der Waals surface area contributed by atoms with E-state index < -0.39 is 6.04 Å². The van der Waals surface area contributed by atoms with E-state index in [2.05, 4.69) is 10.4 Å². The SMILES string of the molecule is Cc1c(C(=O)NC(CO)c2ccccc2)cnn1-c1ccc(F)cc1. The van der Waals surface area contributed by atoms with Crippen molar-refractivity contribution >= 4 is 5.91 Å². The molecule has 128 valence electrons. The van der Waals surface area contributed by atoms with Crippen LogP contribution in [-0.4, -0.2) is 27.4 Å². The van der Waals surface area contributed by atoms with Gasteiger partial charge in [-0.15, -0.1) is 0 Å². The molecule has 0 saturated heterocycles. The second kappa shape index (κ2) is 7.27. The van der Waals surface area contributed by atoms with E-state index in [9.17, 15) is 14.3 Å². The quantitative estimate of drug-likeness (QED) is 0.751. The van der Waals surface area contributed by atoms with Crippen LogP contribution in [0.2, 0.25) is 0 Å². The molecule has 3 aromatic rings. The van der Waals surface area contributed by atoms with Crippen molar-refractivity contribution in [1.29, 1.82) is 0 Å². The predicted octanol–water partition coefficient (Wildman–Crippen LogP) is 2.78. The first kappa shape index (κ1) is 16.9. The van der Waals surface area contributed by atoms with Crippen molar-refractivity contribution in [3.63, 3.8) is 0 Å². The van der Waals surface area contributed by atoms with Gasteiger partial charge in [-0.25, -0.2) is 9.07 Å². The molecule has 0 spiro atoms. The summed E-state index contributed by atoms with van der Waals surface area (Å²) in [6.45, 7) is 1.56. The maximum atomic E-state index is 13.1. The number of carbonyl (C=O) groups excluding carboxylic acids is 1. The van der Waals surface area contributed by atoms with Crippen molar-refractivity contribution < 1.29 is 14.3 Å². The number of carbonyl (C=O) groups is 1. The number of aliphatic hydroxyl groups excluding tert-OH is 1. The molecular weight excluding hydrogens is 321 g/mol. The van der Waals surface area contributed by atoms with Gasteiger partial charge in [0.15, 0.2) is 0 Å². The molecule has 0 fully saturated rings. The van der Waals surface area contributed by atoms with Gasteiger partial charge in [-0.3, -0.25) is 4.79 Å². The zero-order valence-corrected chi connectivity index (χ0v) is 13.7. The monoisotopic (exact) mass is 339 g/mol. The number of halogens is 1. The van der Waals surface area contributed by atoms with Crippen LogP contribution < -0.4 is 5.32 Å². The molecule has 25 heavy (non-hydrogen) atoms. The number of nitrogens with one attached hydrogen (secondary N) is 1. The number of rotatable bonds is 5. The summed E-state index contributed by atoms with van der Waals surface area (Å²) in [6.07, 6.45) is 1.47. The molecule has 0 saturated carbocycles. The Kier molecular flexibility index (Phi) is 4.90. The van der Waals surface area contributed by atoms with Crippen LogP contribution in [0, 0.1) is 12.7 Å². The van der Waals surface area contributed by atoms with Crippen molar-refractivity contribution in [1.82, 2.24) is 15.1 Å². The molecular formula is C19H18FN3O2. The van der Waals surface area contributed by atoms with Crippen LogP contribution in [-0.2, 0) is 0 Å². The van der Waals surface area contributed by atoms with Gasteiger partial charge in [0.05, 0.1) is 35.8 Å². The minimum absolute atomic E-state index is 0.207. The normalized spacial score (nSPS) is 12.0. The van der Waals surface area contributed by atoms with E-state index in [4.69, 9.17) is 0 Å². The molecule has 5 nitrogen and oxygen atoms in total. The molecule has 3 rings (SSSR count). The lowest BCUT2D eigenvalue weighted by Crippen LogP contribution is -2.31. The number of hydrogen-bond acceptors (Lipinski definition) is 3. The molecule has 1 heterocycles. The highest BCUT2D eigenvalue weighted by molar-refractivity contribution is 5.95. The maximum Gasteiger partial charge on any atom is 0.255 e. The fourth-order valence-corrected chi connectivity index (χ4v) is 2.63. The number of hydrogen-bond donors (Lipinski definition) is 2. The Bertz CT molecular complexity index is 860. The summed E-state index contributed by atoms with van der Waals surface area (Å²) in [5.41, 5.74) is 2.52. The minimum Gasteiger partial charge on any atom is -0.394 e. The zero-order valence-electron chi connectivity index (χ0n) is 13.7. The van der Waals surface area contributed by atoms with Crippen LogP contribution in [0.3, 0.4) is 0 Å². The molecule has 0 aliphatic heterocycles. The van der Waals surface area contributed by atoms with Crippen LogP contribution in [0.1, 0.15) is 27.7 Å². The highest BCUT2D eigenvalue weighted by Crippen LogP contribution is 2.17. The molecule has 1 amide bonds. The van der Waals surface area contributed by atoms with Crippen LogP contribution in [0.15, 0.2) is 60.8 Å². The second-order valence-corrected chi connectivity index (χ2v) is 5.65. The lowest BCUT2D eigenvalue weighted by molar-refractivity contribution is 0.0915. The van der Waals surface area contributed by atoms with E-state index >= 15 is 0 Å². The first-order valence-electron chi connectivity index (χ1n) is 7.87. The van der Waals surface area contributed by atoms with Crippen LogP contribution in [0.4, 0.5) is 4.39 Å². The third kappa shape index (κ3) is 3.59. The van der Waals surface area contributed by atoms with Gasteiger partial charge in [-0.2, -0.15) is 5.10 Å². The lowest BCUT2D eigenvalue weighted by atomic mass is 10.1. The topological polar surface area (TPSA) is 67.2 Å². The average Bonchev–Trinajstić information content (AvgIpc) is 3.02. The molecule has 0 radical (unpaired) electrons. The standard InChI is InChI=1S/C19H18FN3O2/c1-13-17(11-21-23(13)16-9-7-15(20)8-10-16)19(25)22-18(12-24)14-5-3-2-4-6-14/h2-11,18,24H,12H2,1H3,(H,22,25). The minimum atomic E-state index is -0.498. The molecule has 0 aliphatic carbocycles. The number of amides is 1. The van der Waals surface area contributed by atoms with E-state index in [0.29, 0.717) is 16.9 Å². The molecule has 1 unspecified atom stereocenters. The highest BCUT2D eigenvalue weighted by Gasteiger charge is 2.19. The summed E-state index contributed by atoms with van der Waals surface area (Å²) >= 11 is 0. The summed E-state index contributed by atoms with van der Waals surface area (Å²) in [4.78, 5) is 12.6. The van der Waals surface area contributed by atoms with Gasteiger partial charge in [-0.1, -0.05) is 30.3 Å². The Balaban J connectivity index is 1.82. The van der Waals surface area contributed by atoms with Crippen LogP contribution >= 0.6 is 0 Å². The van der Waals surface area contributed by atoms with Gasteiger partial charge in [0, 0.05) is 0 Å². The second-order valence-electron chi connectivity index (χ2n) is 5.65. The highest BCUT2D eigenvalue weighted by atomic mass is 19.1. The van der Waals surface area contributed by atoms with E-state index in [1.807, 2.05) is 30.3 Å². The fraction of sp³-hybridized carbons (Fsp3) is 0.158. The zero-order chi connectivity index (χ0) is 17.8. The Morgan fingerprint density at radius 2 is 1.88 bits per heavy atom. The van der Waals surface area contributed by atoms with E-state index in [0.717, 1.165) is 5.56 Å². The van der Waals surface area contributed by atoms with Crippen molar-refractivity contribution in [2.75, 3.05) is 6.61 Å². The van der Waals surface area contributed by atoms with Crippen LogP contribution in [0.5, 0.6) is 0 Å². The van der Waals surface area contributed by atoms with Crippen molar-refractivity contribution in [3.8, 4) is 5.69 Å². The fourth-order valence-electron chi connectivity index (χ4n) is 2.63. The van der Waals surface area contributed by atoms with Crippen molar-refractivity contribution in [2.45, 2.75) is 13.0 Å². The summed E-state index contributed by atoms with van der Waals surface area (Å²) in [5.74, 6) is -0.658. The number of aromatic nitrogens is 2. The smallest absolute Gasteiger partial charge is 0.255 e. The third-order valence-corrected chi connectivity index (χ3v) is 4.02. The molecule has 1 aromatic heterocycles. The molecule has 1 atom stereocenters. The molecule has 0 aliphatic rings. The van der Waals surface area contributed by atoms with Gasteiger partial charge in [0.1, 0.15) is 5.82 Å². The Labute approximate surface area is 144 Å². The van der Waals surface area contributed by atoms with E-state index in [1.165, 1.54) is 18.3 Å². The van der Waals surface area contributed by atoms with Gasteiger partial charge in [0.25, 0.3) is 5.91 Å². The van der Waals surface area contributed by atoms with Crippen molar-refractivity contribution in [2.24, 2.45) is 0 Å². The molecule has 0 bridgehead atoms. The van der Waals surface area contributed by atoms with E-state index in [1.54, 1.807) is 23.7 Å². The number of aliphatic hydroxyl groups is 1. The van der Waals surface area contributed by atoms with Gasteiger partial charge in [0.2, 0.25) is 0 Å². The average molecular weight is 339 g/mol. The third-order valence-electron chi connectivity index (χ3n) is 4.02. The van der Waals surface area contributed by atoms with Gasteiger partial charge >= 0.3 is 0 Å². The summed E-state index contributed by atoms with van der Waals surface area (Å²) in [7, 11) is 0. The summed E-state index contributed by atoms with van der Waals surface area (Å²) in [6, 6.07) is 14.6. The Morgan fingerprint density at radius 3 is 2.52 bits per heavy atom. The molecule has 6 heteroatoms. The number of nitrogens with zero attached hydrogens (tertiary/aromatic N) is 2. The van der Waals surface area contributed by atoms with Crippen molar-refractivity contribution in [3.05, 3.63) is 83.4 Å². The van der Waals surface area contributed by atoms with Gasteiger partial charge in [-0.05, 0) is 36.8 Å². The van der Waals surface area contributed by atoms with Crippen LogP contribution in [0.25, 0.3) is 5.69 Å². The number of benzene rings is 2. The molecule has 2 N–H and O–H groups in total. The Hall–Kier alpha value is -2.99. The first-order chi connectivity index (χ1) is 12.1. The molecule has 2 aromatic carbocycles.